The molecule has 16 heavy (non-hydrogen) atoms. The number of phenolic OH excluding ortho intramolecular Hbond substituents is 1. The lowest BCUT2D eigenvalue weighted by Gasteiger charge is -2.27. The van der Waals surface area contributed by atoms with Gasteiger partial charge in [0.25, 0.3) is 5.91 Å². The molecular weight excluding hydrogens is 206 g/mol. The Kier molecular flexibility index (Phi) is 2.30. The van der Waals surface area contributed by atoms with Crippen molar-refractivity contribution < 1.29 is 14.6 Å². The van der Waals surface area contributed by atoms with Crippen LogP contribution in [0, 0.1) is 0 Å². The van der Waals surface area contributed by atoms with Crippen LogP contribution in [0.1, 0.15) is 26.3 Å². The van der Waals surface area contributed by atoms with E-state index < -0.39 is 0 Å². The lowest BCUT2D eigenvalue weighted by molar-refractivity contribution is -0.118. The molecule has 2 rings (SSSR count). The second-order valence-corrected chi connectivity index (χ2v) is 4.96. The molecule has 0 radical (unpaired) electrons. The lowest BCUT2D eigenvalue weighted by atomic mass is 9.85. The number of fused-ring (bicyclic) bond motifs is 1. The molecular formula is C12H15NO3. The maximum absolute atomic E-state index is 11.2. The van der Waals surface area contributed by atoms with Crippen molar-refractivity contribution in [2.75, 3.05) is 11.9 Å². The molecule has 4 heteroatoms. The van der Waals surface area contributed by atoms with Crippen LogP contribution in [0.2, 0.25) is 0 Å². The van der Waals surface area contributed by atoms with Crippen molar-refractivity contribution in [2.45, 2.75) is 26.2 Å². The summed E-state index contributed by atoms with van der Waals surface area (Å²) in [5, 5.41) is 12.3. The van der Waals surface area contributed by atoms with Crippen molar-refractivity contribution in [3.63, 3.8) is 0 Å². The van der Waals surface area contributed by atoms with Crippen LogP contribution in [0.25, 0.3) is 0 Å². The molecule has 1 aliphatic heterocycles. The molecule has 0 bridgehead atoms. The third kappa shape index (κ3) is 1.83. The standard InChI is InChI=1S/C12H15NO3/c1-12(2,3)8-4-7(14)5-9-11(8)16-6-10(15)13-9/h4-5,14H,6H2,1-3H3,(H,13,15). The highest BCUT2D eigenvalue weighted by Gasteiger charge is 2.26. The van der Waals surface area contributed by atoms with Gasteiger partial charge in [0.2, 0.25) is 0 Å². The third-order valence-corrected chi connectivity index (χ3v) is 2.50. The van der Waals surface area contributed by atoms with Crippen molar-refractivity contribution in [1.29, 1.82) is 0 Å². The van der Waals surface area contributed by atoms with Crippen LogP contribution in [0.3, 0.4) is 0 Å². The van der Waals surface area contributed by atoms with Gasteiger partial charge in [-0.2, -0.15) is 0 Å². The molecule has 1 aliphatic rings. The monoisotopic (exact) mass is 221 g/mol. The number of benzene rings is 1. The first-order valence-corrected chi connectivity index (χ1v) is 5.18. The normalized spacial score (nSPS) is 15.1. The van der Waals surface area contributed by atoms with Crippen molar-refractivity contribution in [3.8, 4) is 11.5 Å². The van der Waals surface area contributed by atoms with E-state index in [9.17, 15) is 9.90 Å². The number of anilines is 1. The predicted molar refractivity (Wildman–Crippen MR) is 60.9 cm³/mol. The largest absolute Gasteiger partial charge is 0.508 e. The summed E-state index contributed by atoms with van der Waals surface area (Å²) < 4.78 is 5.43. The molecule has 0 saturated carbocycles. The van der Waals surface area contributed by atoms with Crippen LogP contribution in [-0.4, -0.2) is 17.6 Å². The number of aromatic hydroxyl groups is 1. The molecule has 0 unspecified atom stereocenters. The first kappa shape index (κ1) is 10.8. The second kappa shape index (κ2) is 3.40. The van der Waals surface area contributed by atoms with E-state index in [1.807, 2.05) is 20.8 Å². The SMILES string of the molecule is CC(C)(C)c1cc(O)cc2c1OCC(=O)N2. The molecule has 0 fully saturated rings. The maximum Gasteiger partial charge on any atom is 0.262 e. The van der Waals surface area contributed by atoms with E-state index >= 15 is 0 Å². The molecule has 2 N–H and O–H groups in total. The van der Waals surface area contributed by atoms with Crippen LogP contribution in [-0.2, 0) is 10.2 Å². The van der Waals surface area contributed by atoms with Crippen LogP contribution < -0.4 is 10.1 Å². The Bertz CT molecular complexity index is 446. The van der Waals surface area contributed by atoms with Gasteiger partial charge in [0.15, 0.2) is 6.61 Å². The average molecular weight is 221 g/mol. The van der Waals surface area contributed by atoms with Crippen LogP contribution in [0.15, 0.2) is 12.1 Å². The number of phenols is 1. The number of nitrogens with one attached hydrogen (secondary N) is 1. The molecule has 0 aliphatic carbocycles. The Labute approximate surface area is 94.2 Å². The number of amides is 1. The number of hydrogen-bond donors (Lipinski definition) is 2. The molecule has 1 amide bonds. The fourth-order valence-electron chi connectivity index (χ4n) is 1.74. The van der Waals surface area contributed by atoms with Gasteiger partial charge in [-0.05, 0) is 11.5 Å². The van der Waals surface area contributed by atoms with Gasteiger partial charge < -0.3 is 15.2 Å². The summed E-state index contributed by atoms with van der Waals surface area (Å²) >= 11 is 0. The zero-order valence-electron chi connectivity index (χ0n) is 9.63. The summed E-state index contributed by atoms with van der Waals surface area (Å²) in [6, 6.07) is 3.18. The van der Waals surface area contributed by atoms with E-state index in [0.717, 1.165) is 5.56 Å². The zero-order valence-corrected chi connectivity index (χ0v) is 9.63. The Balaban J connectivity index is 2.59. The summed E-state index contributed by atoms with van der Waals surface area (Å²) in [4.78, 5) is 11.2. The maximum atomic E-state index is 11.2. The molecule has 0 spiro atoms. The number of hydrogen-bond acceptors (Lipinski definition) is 3. The molecule has 1 heterocycles. The van der Waals surface area contributed by atoms with E-state index in [0.29, 0.717) is 11.4 Å². The summed E-state index contributed by atoms with van der Waals surface area (Å²) in [6.07, 6.45) is 0. The first-order valence-electron chi connectivity index (χ1n) is 5.18. The van der Waals surface area contributed by atoms with E-state index in [-0.39, 0.29) is 23.7 Å². The fourth-order valence-corrected chi connectivity index (χ4v) is 1.74. The molecule has 0 saturated heterocycles. The minimum Gasteiger partial charge on any atom is -0.508 e. The second-order valence-electron chi connectivity index (χ2n) is 4.96. The van der Waals surface area contributed by atoms with Gasteiger partial charge in [0, 0.05) is 11.6 Å². The molecule has 1 aromatic carbocycles. The quantitative estimate of drug-likeness (QED) is 0.704. The Morgan fingerprint density at radius 2 is 2.06 bits per heavy atom. The zero-order chi connectivity index (χ0) is 11.9. The highest BCUT2D eigenvalue weighted by molar-refractivity contribution is 5.96. The van der Waals surface area contributed by atoms with Gasteiger partial charge in [-0.15, -0.1) is 0 Å². The van der Waals surface area contributed by atoms with E-state index in [2.05, 4.69) is 5.32 Å². The first-order chi connectivity index (χ1) is 7.38. The highest BCUT2D eigenvalue weighted by atomic mass is 16.5. The van der Waals surface area contributed by atoms with Crippen molar-refractivity contribution >= 4 is 11.6 Å². The predicted octanol–water partition coefficient (Wildman–Crippen LogP) is 2.02. The average Bonchev–Trinajstić information content (AvgIpc) is 2.14. The van der Waals surface area contributed by atoms with Crippen LogP contribution in [0.4, 0.5) is 5.69 Å². The van der Waals surface area contributed by atoms with Crippen molar-refractivity contribution in [2.24, 2.45) is 0 Å². The number of rotatable bonds is 0. The Morgan fingerprint density at radius 1 is 1.38 bits per heavy atom. The minimum absolute atomic E-state index is 0.0286. The lowest BCUT2D eigenvalue weighted by Crippen LogP contribution is -2.27. The minimum atomic E-state index is -0.196. The topological polar surface area (TPSA) is 58.6 Å². The van der Waals surface area contributed by atoms with Gasteiger partial charge in [-0.1, -0.05) is 20.8 Å². The van der Waals surface area contributed by atoms with Gasteiger partial charge >= 0.3 is 0 Å². The summed E-state index contributed by atoms with van der Waals surface area (Å²) in [5.41, 5.74) is 1.29. The van der Waals surface area contributed by atoms with E-state index in [1.54, 1.807) is 6.07 Å². The Morgan fingerprint density at radius 3 is 2.69 bits per heavy atom. The fraction of sp³-hybridized carbons (Fsp3) is 0.417. The molecule has 86 valence electrons. The number of carbonyl (C=O) groups excluding carboxylic acids is 1. The van der Waals surface area contributed by atoms with E-state index in [4.69, 9.17) is 4.74 Å². The van der Waals surface area contributed by atoms with Gasteiger partial charge in [-0.25, -0.2) is 0 Å². The van der Waals surface area contributed by atoms with Crippen LogP contribution >= 0.6 is 0 Å². The van der Waals surface area contributed by atoms with E-state index in [1.165, 1.54) is 6.07 Å². The van der Waals surface area contributed by atoms with Gasteiger partial charge in [0.05, 0.1) is 5.69 Å². The Hall–Kier alpha value is -1.71. The summed E-state index contributed by atoms with van der Waals surface area (Å²) in [5.74, 6) is 0.595. The van der Waals surface area contributed by atoms with Gasteiger partial charge in [-0.3, -0.25) is 4.79 Å². The number of carbonyl (C=O) groups is 1. The number of ether oxygens (including phenoxy) is 1. The van der Waals surface area contributed by atoms with Crippen molar-refractivity contribution in [1.82, 2.24) is 0 Å². The third-order valence-electron chi connectivity index (χ3n) is 2.50. The smallest absolute Gasteiger partial charge is 0.262 e. The van der Waals surface area contributed by atoms with Gasteiger partial charge in [0.1, 0.15) is 11.5 Å². The molecule has 0 aromatic heterocycles. The molecule has 1 aromatic rings. The molecule has 0 atom stereocenters. The highest BCUT2D eigenvalue weighted by Crippen LogP contribution is 2.41. The molecule has 4 nitrogen and oxygen atoms in total. The summed E-state index contributed by atoms with van der Waals surface area (Å²) in [6.45, 7) is 6.12. The van der Waals surface area contributed by atoms with Crippen molar-refractivity contribution in [3.05, 3.63) is 17.7 Å². The van der Waals surface area contributed by atoms with Crippen LogP contribution in [0.5, 0.6) is 11.5 Å². The summed E-state index contributed by atoms with van der Waals surface area (Å²) in [7, 11) is 0.